The Labute approximate surface area is 127 Å². The van der Waals surface area contributed by atoms with Crippen molar-refractivity contribution in [2.75, 3.05) is 19.0 Å². The van der Waals surface area contributed by atoms with Crippen molar-refractivity contribution in [3.05, 3.63) is 22.1 Å². The van der Waals surface area contributed by atoms with Gasteiger partial charge in [-0.1, -0.05) is 0 Å². The summed E-state index contributed by atoms with van der Waals surface area (Å²) in [5.74, 6) is -0.0789. The fraction of sp³-hybridized carbons (Fsp3) is 0.583. The van der Waals surface area contributed by atoms with Crippen molar-refractivity contribution >= 4 is 41.3 Å². The fourth-order valence-corrected chi connectivity index (χ4v) is 3.01. The summed E-state index contributed by atoms with van der Waals surface area (Å²) in [5, 5.41) is 2.77. The molecule has 0 atom stereocenters. The Morgan fingerprint density at radius 2 is 2.16 bits per heavy atom. The second kappa shape index (κ2) is 8.04. The molecule has 1 aliphatic heterocycles. The van der Waals surface area contributed by atoms with Gasteiger partial charge in [-0.15, -0.1) is 35.3 Å². The van der Waals surface area contributed by atoms with E-state index in [1.54, 1.807) is 0 Å². The minimum atomic E-state index is -0.130. The molecule has 1 aromatic rings. The zero-order chi connectivity index (χ0) is 13.0. The number of alkyl halides is 1. The van der Waals surface area contributed by atoms with Gasteiger partial charge in [0, 0.05) is 30.6 Å². The van der Waals surface area contributed by atoms with E-state index in [0.717, 1.165) is 37.4 Å². The maximum atomic E-state index is 12.9. The van der Waals surface area contributed by atoms with Crippen molar-refractivity contribution < 1.29 is 9.18 Å². The maximum absolute atomic E-state index is 12.9. The standard InChI is InChI=1S/C12H16ClFN2OS.ClH/c13-7-12(17)15-9-3-5-16(6-4-9)8-10-1-2-11(14)18-10;/h1-2,9H,3-8H2,(H,15,17);1H. The van der Waals surface area contributed by atoms with Gasteiger partial charge in [0.05, 0.1) is 0 Å². The van der Waals surface area contributed by atoms with E-state index >= 15 is 0 Å². The highest BCUT2D eigenvalue weighted by Gasteiger charge is 2.20. The zero-order valence-electron chi connectivity index (χ0n) is 10.4. The van der Waals surface area contributed by atoms with Crippen LogP contribution in [0.5, 0.6) is 0 Å². The van der Waals surface area contributed by atoms with Gasteiger partial charge in [0.2, 0.25) is 5.91 Å². The third-order valence-electron chi connectivity index (χ3n) is 3.08. The number of carbonyl (C=O) groups excluding carboxylic acids is 1. The molecule has 108 valence electrons. The van der Waals surface area contributed by atoms with Crippen LogP contribution in [0.15, 0.2) is 12.1 Å². The molecule has 1 aromatic heterocycles. The first-order chi connectivity index (χ1) is 8.67. The molecule has 3 nitrogen and oxygen atoms in total. The first kappa shape index (κ1) is 16.7. The Hall–Kier alpha value is -0.360. The first-order valence-electron chi connectivity index (χ1n) is 5.99. The van der Waals surface area contributed by atoms with Gasteiger partial charge >= 0.3 is 0 Å². The van der Waals surface area contributed by atoms with E-state index in [4.69, 9.17) is 11.6 Å². The normalized spacial score (nSPS) is 16.9. The molecular formula is C12H17Cl2FN2OS. The molecule has 0 aromatic carbocycles. The third-order valence-corrected chi connectivity index (χ3v) is 4.18. The van der Waals surface area contributed by atoms with E-state index in [1.807, 2.05) is 6.07 Å². The van der Waals surface area contributed by atoms with Crippen LogP contribution in [0.3, 0.4) is 0 Å². The van der Waals surface area contributed by atoms with Gasteiger partial charge in [-0.3, -0.25) is 9.69 Å². The molecule has 1 aliphatic rings. The number of piperidine rings is 1. The average Bonchev–Trinajstić information content (AvgIpc) is 2.77. The summed E-state index contributed by atoms with van der Waals surface area (Å²) in [5.41, 5.74) is 0. The highest BCUT2D eigenvalue weighted by molar-refractivity contribution is 7.10. The van der Waals surface area contributed by atoms with E-state index in [9.17, 15) is 9.18 Å². The predicted molar refractivity (Wildman–Crippen MR) is 78.7 cm³/mol. The van der Waals surface area contributed by atoms with Crippen molar-refractivity contribution in [2.45, 2.75) is 25.4 Å². The van der Waals surface area contributed by atoms with E-state index < -0.39 is 0 Å². The van der Waals surface area contributed by atoms with Crippen LogP contribution in [-0.4, -0.2) is 35.8 Å². The molecule has 19 heavy (non-hydrogen) atoms. The molecule has 7 heteroatoms. The number of rotatable bonds is 4. The molecule has 2 heterocycles. The lowest BCUT2D eigenvalue weighted by molar-refractivity contribution is -0.119. The largest absolute Gasteiger partial charge is 0.352 e. The minimum Gasteiger partial charge on any atom is -0.352 e. The molecule has 0 radical (unpaired) electrons. The predicted octanol–water partition coefficient (Wildman–Crippen LogP) is 2.63. The highest BCUT2D eigenvalue weighted by atomic mass is 35.5. The number of nitrogens with one attached hydrogen (secondary N) is 1. The summed E-state index contributed by atoms with van der Waals surface area (Å²) in [6.07, 6.45) is 1.85. The van der Waals surface area contributed by atoms with Crippen molar-refractivity contribution in [1.29, 1.82) is 0 Å². The molecule has 0 unspecified atom stereocenters. The van der Waals surface area contributed by atoms with E-state index in [-0.39, 0.29) is 35.4 Å². The average molecular weight is 327 g/mol. The Kier molecular flexibility index (Phi) is 7.07. The van der Waals surface area contributed by atoms with Gasteiger partial charge in [-0.05, 0) is 25.0 Å². The number of carbonyl (C=O) groups is 1. The molecule has 1 saturated heterocycles. The molecule has 0 bridgehead atoms. The van der Waals surface area contributed by atoms with Crippen LogP contribution in [0.2, 0.25) is 0 Å². The number of thiophene rings is 1. The number of likely N-dealkylation sites (tertiary alicyclic amines) is 1. The molecular weight excluding hydrogens is 310 g/mol. The van der Waals surface area contributed by atoms with Crippen molar-refractivity contribution in [1.82, 2.24) is 10.2 Å². The minimum absolute atomic E-state index is 0. The summed E-state index contributed by atoms with van der Waals surface area (Å²) in [6.45, 7) is 2.64. The Balaban J connectivity index is 0.00000180. The van der Waals surface area contributed by atoms with Gasteiger partial charge in [-0.25, -0.2) is 0 Å². The van der Waals surface area contributed by atoms with Crippen molar-refractivity contribution in [2.24, 2.45) is 0 Å². The summed E-state index contributed by atoms with van der Waals surface area (Å²) in [7, 11) is 0. The fourth-order valence-electron chi connectivity index (χ4n) is 2.16. The maximum Gasteiger partial charge on any atom is 0.235 e. The number of hydrogen-bond donors (Lipinski definition) is 1. The molecule has 1 N–H and O–H groups in total. The SMILES string of the molecule is Cl.O=C(CCl)NC1CCN(Cc2ccc(F)s2)CC1. The van der Waals surface area contributed by atoms with Crippen molar-refractivity contribution in [3.8, 4) is 0 Å². The molecule has 1 amide bonds. The van der Waals surface area contributed by atoms with E-state index in [1.165, 1.54) is 17.4 Å². The molecule has 0 aliphatic carbocycles. The molecule has 0 saturated carbocycles. The first-order valence-corrected chi connectivity index (χ1v) is 7.34. The van der Waals surface area contributed by atoms with Gasteiger partial charge in [0.25, 0.3) is 0 Å². The zero-order valence-corrected chi connectivity index (χ0v) is 12.8. The van der Waals surface area contributed by atoms with Crippen LogP contribution in [0.25, 0.3) is 0 Å². The lowest BCUT2D eigenvalue weighted by atomic mass is 10.1. The van der Waals surface area contributed by atoms with Gasteiger partial charge < -0.3 is 5.32 Å². The van der Waals surface area contributed by atoms with Crippen LogP contribution in [-0.2, 0) is 11.3 Å². The lowest BCUT2D eigenvalue weighted by Crippen LogP contribution is -2.44. The second-order valence-electron chi connectivity index (χ2n) is 4.46. The van der Waals surface area contributed by atoms with Crippen LogP contribution in [0.1, 0.15) is 17.7 Å². The summed E-state index contributed by atoms with van der Waals surface area (Å²) < 4.78 is 12.9. The number of nitrogens with zero attached hydrogens (tertiary/aromatic N) is 1. The smallest absolute Gasteiger partial charge is 0.235 e. The van der Waals surface area contributed by atoms with E-state index in [0.29, 0.717) is 0 Å². The molecule has 0 spiro atoms. The number of amides is 1. The highest BCUT2D eigenvalue weighted by Crippen LogP contribution is 2.19. The molecule has 1 fully saturated rings. The third kappa shape index (κ3) is 5.26. The molecule has 2 rings (SSSR count). The van der Waals surface area contributed by atoms with Crippen molar-refractivity contribution in [3.63, 3.8) is 0 Å². The lowest BCUT2D eigenvalue weighted by Gasteiger charge is -2.31. The number of halogens is 3. The van der Waals surface area contributed by atoms with Gasteiger partial charge in [0.1, 0.15) is 5.88 Å². The quantitative estimate of drug-likeness (QED) is 0.863. The Morgan fingerprint density at radius 3 is 2.68 bits per heavy atom. The summed E-state index contributed by atoms with van der Waals surface area (Å²) >= 11 is 6.65. The van der Waals surface area contributed by atoms with Crippen LogP contribution < -0.4 is 5.32 Å². The van der Waals surface area contributed by atoms with E-state index in [2.05, 4.69) is 10.2 Å². The summed E-state index contributed by atoms with van der Waals surface area (Å²) in [6, 6.07) is 3.57. The van der Waals surface area contributed by atoms with Crippen LogP contribution in [0.4, 0.5) is 4.39 Å². The number of hydrogen-bond acceptors (Lipinski definition) is 3. The summed E-state index contributed by atoms with van der Waals surface area (Å²) in [4.78, 5) is 14.5. The van der Waals surface area contributed by atoms with Crippen LogP contribution in [0, 0.1) is 5.13 Å². The Morgan fingerprint density at radius 1 is 1.47 bits per heavy atom. The topological polar surface area (TPSA) is 32.3 Å². The van der Waals surface area contributed by atoms with Crippen LogP contribution >= 0.6 is 35.3 Å². The van der Waals surface area contributed by atoms with Gasteiger partial charge in [-0.2, -0.15) is 4.39 Å². The second-order valence-corrected chi connectivity index (χ2v) is 5.84. The Bertz CT molecular complexity index is 408. The van der Waals surface area contributed by atoms with Gasteiger partial charge in [0.15, 0.2) is 5.13 Å². The monoisotopic (exact) mass is 326 g/mol.